The van der Waals surface area contributed by atoms with Crippen molar-refractivity contribution in [3.63, 3.8) is 0 Å². The number of nitrogens with one attached hydrogen (secondary N) is 1. The second-order valence-electron chi connectivity index (χ2n) is 5.88. The Kier molecular flexibility index (Phi) is 8.94. The molecule has 1 N–H and O–H groups in total. The SMILES string of the molecule is CCC[CH2][Sn]([CH2]CCC)([CH2]CCC)[CH]1NCCO1. The second kappa shape index (κ2) is 9.60. The van der Waals surface area contributed by atoms with Crippen molar-refractivity contribution in [3.05, 3.63) is 0 Å². The van der Waals surface area contributed by atoms with E-state index in [4.69, 9.17) is 4.74 Å². The summed E-state index contributed by atoms with van der Waals surface area (Å²) in [4.78, 5) is 0. The Hall–Kier alpha value is 0.719. The van der Waals surface area contributed by atoms with E-state index in [9.17, 15) is 0 Å². The summed E-state index contributed by atoms with van der Waals surface area (Å²) in [6, 6.07) is 0. The first-order chi connectivity index (χ1) is 8.79. The summed E-state index contributed by atoms with van der Waals surface area (Å²) in [5.74, 6) is 0. The number of ether oxygens (including phenoxy) is 1. The zero-order valence-corrected chi connectivity index (χ0v) is 15.6. The van der Waals surface area contributed by atoms with Crippen molar-refractivity contribution in [1.29, 1.82) is 0 Å². The van der Waals surface area contributed by atoms with Crippen molar-refractivity contribution < 1.29 is 4.74 Å². The fraction of sp³-hybridized carbons (Fsp3) is 1.00. The molecule has 0 amide bonds. The van der Waals surface area contributed by atoms with Crippen LogP contribution in [0.5, 0.6) is 0 Å². The predicted octanol–water partition coefficient (Wildman–Crippen LogP) is 4.32. The van der Waals surface area contributed by atoms with E-state index in [1.807, 2.05) is 0 Å². The molecule has 108 valence electrons. The minimum absolute atomic E-state index is 0.531. The molecule has 0 aromatic carbocycles. The van der Waals surface area contributed by atoms with Gasteiger partial charge in [0.1, 0.15) is 0 Å². The van der Waals surface area contributed by atoms with E-state index in [0.29, 0.717) is 4.24 Å². The molecule has 1 heterocycles. The second-order valence-corrected chi connectivity index (χ2v) is 19.4. The van der Waals surface area contributed by atoms with E-state index in [1.54, 1.807) is 13.3 Å². The van der Waals surface area contributed by atoms with Crippen LogP contribution < -0.4 is 5.32 Å². The van der Waals surface area contributed by atoms with Crippen LogP contribution in [0.25, 0.3) is 0 Å². The van der Waals surface area contributed by atoms with Crippen LogP contribution in [-0.2, 0) is 4.74 Å². The van der Waals surface area contributed by atoms with Gasteiger partial charge in [0.25, 0.3) is 0 Å². The Morgan fingerprint density at radius 3 is 1.78 bits per heavy atom. The molecule has 1 aliphatic rings. The van der Waals surface area contributed by atoms with Gasteiger partial charge in [-0.25, -0.2) is 0 Å². The molecule has 0 radical (unpaired) electrons. The molecule has 0 saturated carbocycles. The molecule has 1 aliphatic heterocycles. The Labute approximate surface area is 118 Å². The van der Waals surface area contributed by atoms with Crippen molar-refractivity contribution >= 4 is 18.4 Å². The minimum atomic E-state index is -2.11. The molecule has 1 fully saturated rings. The monoisotopic (exact) mass is 363 g/mol. The van der Waals surface area contributed by atoms with Crippen molar-refractivity contribution in [2.45, 2.75) is 76.9 Å². The maximum absolute atomic E-state index is 6.09. The molecule has 0 spiro atoms. The molecule has 1 rings (SSSR count). The first kappa shape index (κ1) is 16.8. The van der Waals surface area contributed by atoms with Crippen LogP contribution in [0.1, 0.15) is 59.3 Å². The molecular formula is C15H33NOSn. The standard InChI is InChI=1S/3C4H9.C3H6NO.Sn/c3*1-3-4-2;1-2-5-3-4-1;/h3*1,3-4H2,2H3;3-4H,1-2H2;. The van der Waals surface area contributed by atoms with Gasteiger partial charge in [-0.2, -0.15) is 0 Å². The topological polar surface area (TPSA) is 21.3 Å². The van der Waals surface area contributed by atoms with Crippen LogP contribution in [0.15, 0.2) is 0 Å². The summed E-state index contributed by atoms with van der Waals surface area (Å²) in [7, 11) is 0. The van der Waals surface area contributed by atoms with Crippen LogP contribution in [0.3, 0.4) is 0 Å². The fourth-order valence-corrected chi connectivity index (χ4v) is 19.6. The third-order valence-corrected chi connectivity index (χ3v) is 20.1. The fourth-order valence-electron chi connectivity index (χ4n) is 3.17. The van der Waals surface area contributed by atoms with E-state index < -0.39 is 18.4 Å². The zero-order chi connectivity index (χ0) is 13.3. The number of hydrogen-bond donors (Lipinski definition) is 1. The van der Waals surface area contributed by atoms with Crippen LogP contribution >= 0.6 is 0 Å². The van der Waals surface area contributed by atoms with Gasteiger partial charge < -0.3 is 0 Å². The number of hydrogen-bond acceptors (Lipinski definition) is 2. The summed E-state index contributed by atoms with van der Waals surface area (Å²) < 4.78 is 11.3. The van der Waals surface area contributed by atoms with E-state index in [0.717, 1.165) is 13.2 Å². The van der Waals surface area contributed by atoms with Gasteiger partial charge in [-0.05, 0) is 0 Å². The molecule has 0 aromatic heterocycles. The van der Waals surface area contributed by atoms with Gasteiger partial charge in [-0.3, -0.25) is 0 Å². The molecule has 0 aromatic rings. The number of unbranched alkanes of at least 4 members (excludes halogenated alkanes) is 3. The summed E-state index contributed by atoms with van der Waals surface area (Å²) in [6.45, 7) is 9.04. The third-order valence-electron chi connectivity index (χ3n) is 4.36. The third kappa shape index (κ3) is 5.01. The first-order valence-corrected chi connectivity index (χ1v) is 15.8. The summed E-state index contributed by atoms with van der Waals surface area (Å²) in [6.07, 6.45) is 8.36. The molecule has 0 aliphatic carbocycles. The Bertz CT molecular complexity index is 183. The van der Waals surface area contributed by atoms with Crippen molar-refractivity contribution in [2.24, 2.45) is 0 Å². The molecular weight excluding hydrogens is 329 g/mol. The average Bonchev–Trinajstić information content (AvgIpc) is 2.93. The first-order valence-electron chi connectivity index (χ1n) is 8.14. The molecule has 0 bridgehead atoms. The van der Waals surface area contributed by atoms with Crippen molar-refractivity contribution in [2.75, 3.05) is 13.2 Å². The van der Waals surface area contributed by atoms with Crippen LogP contribution in [0.4, 0.5) is 0 Å². The van der Waals surface area contributed by atoms with Crippen LogP contribution in [0, 0.1) is 0 Å². The van der Waals surface area contributed by atoms with Gasteiger partial charge >= 0.3 is 118 Å². The van der Waals surface area contributed by atoms with E-state index in [1.165, 1.54) is 38.5 Å². The van der Waals surface area contributed by atoms with Gasteiger partial charge in [-0.1, -0.05) is 0 Å². The van der Waals surface area contributed by atoms with E-state index in [2.05, 4.69) is 26.1 Å². The Morgan fingerprint density at radius 1 is 0.944 bits per heavy atom. The van der Waals surface area contributed by atoms with Crippen LogP contribution in [0.2, 0.25) is 13.3 Å². The predicted molar refractivity (Wildman–Crippen MR) is 82.6 cm³/mol. The van der Waals surface area contributed by atoms with Gasteiger partial charge in [0.2, 0.25) is 0 Å². The summed E-state index contributed by atoms with van der Waals surface area (Å²) in [5.41, 5.74) is 0. The maximum atomic E-state index is 6.09. The van der Waals surface area contributed by atoms with Crippen molar-refractivity contribution in [3.8, 4) is 0 Å². The van der Waals surface area contributed by atoms with Crippen LogP contribution in [-0.4, -0.2) is 35.8 Å². The molecule has 1 unspecified atom stereocenters. The molecule has 18 heavy (non-hydrogen) atoms. The normalized spacial score (nSPS) is 20.5. The Balaban J connectivity index is 2.68. The van der Waals surface area contributed by atoms with Gasteiger partial charge in [0.05, 0.1) is 0 Å². The van der Waals surface area contributed by atoms with Gasteiger partial charge in [0.15, 0.2) is 0 Å². The Morgan fingerprint density at radius 2 is 1.44 bits per heavy atom. The van der Waals surface area contributed by atoms with E-state index in [-0.39, 0.29) is 0 Å². The number of rotatable bonds is 10. The molecule has 1 atom stereocenters. The summed E-state index contributed by atoms with van der Waals surface area (Å²) in [5, 5.41) is 3.70. The van der Waals surface area contributed by atoms with E-state index >= 15 is 0 Å². The summed E-state index contributed by atoms with van der Waals surface area (Å²) >= 11 is -2.11. The van der Waals surface area contributed by atoms with Gasteiger partial charge in [0, 0.05) is 0 Å². The van der Waals surface area contributed by atoms with Gasteiger partial charge in [-0.15, -0.1) is 0 Å². The average molecular weight is 362 g/mol. The molecule has 3 heteroatoms. The zero-order valence-electron chi connectivity index (χ0n) is 12.8. The quantitative estimate of drug-likeness (QED) is 0.585. The molecule has 1 saturated heterocycles. The van der Waals surface area contributed by atoms with Crippen molar-refractivity contribution in [1.82, 2.24) is 5.32 Å². The molecule has 2 nitrogen and oxygen atoms in total.